The minimum atomic E-state index is -0.565. The molecular formula is C16H13BrN4O4S. The summed E-state index contributed by atoms with van der Waals surface area (Å²) < 4.78 is 0.791. The van der Waals surface area contributed by atoms with Crippen molar-refractivity contribution in [3.63, 3.8) is 0 Å². The normalized spacial score (nSPS) is 9.92. The van der Waals surface area contributed by atoms with Crippen molar-refractivity contribution in [2.75, 3.05) is 0 Å². The van der Waals surface area contributed by atoms with Gasteiger partial charge in [0.05, 0.1) is 4.92 Å². The van der Waals surface area contributed by atoms with E-state index in [9.17, 15) is 19.7 Å². The summed E-state index contributed by atoms with van der Waals surface area (Å²) in [4.78, 5) is 34.1. The van der Waals surface area contributed by atoms with Crippen LogP contribution in [-0.2, 0) is 0 Å². The van der Waals surface area contributed by atoms with Crippen LogP contribution in [0.2, 0.25) is 0 Å². The second-order valence-electron chi connectivity index (χ2n) is 5.13. The number of nitro benzene ring substituents is 1. The molecule has 0 saturated carbocycles. The molecule has 2 aromatic rings. The van der Waals surface area contributed by atoms with E-state index in [-0.39, 0.29) is 16.4 Å². The summed E-state index contributed by atoms with van der Waals surface area (Å²) in [5.41, 5.74) is 6.24. The number of carbonyl (C=O) groups is 2. The van der Waals surface area contributed by atoms with E-state index in [2.05, 4.69) is 32.1 Å². The van der Waals surface area contributed by atoms with Gasteiger partial charge in [-0.1, -0.05) is 22.0 Å². The molecule has 0 aliphatic carbocycles. The third kappa shape index (κ3) is 5.07. The van der Waals surface area contributed by atoms with Gasteiger partial charge in [0.1, 0.15) is 0 Å². The summed E-state index contributed by atoms with van der Waals surface area (Å²) in [6, 6.07) is 10.1. The van der Waals surface area contributed by atoms with E-state index < -0.39 is 16.7 Å². The van der Waals surface area contributed by atoms with Gasteiger partial charge in [0, 0.05) is 27.7 Å². The molecule has 8 nitrogen and oxygen atoms in total. The Morgan fingerprint density at radius 1 is 1.04 bits per heavy atom. The summed E-state index contributed by atoms with van der Waals surface area (Å²) in [6.07, 6.45) is 0. The van der Waals surface area contributed by atoms with Crippen LogP contribution in [0.25, 0.3) is 0 Å². The molecule has 134 valence electrons. The Morgan fingerprint density at radius 3 is 2.23 bits per heavy atom. The van der Waals surface area contributed by atoms with Crippen molar-refractivity contribution in [3.8, 4) is 0 Å². The SMILES string of the molecule is Cc1ccc(C(=O)NNC(=S)NC(=O)c2ccc([N+](=O)[O-])cc2)cc1Br. The van der Waals surface area contributed by atoms with Crippen molar-refractivity contribution in [2.45, 2.75) is 6.92 Å². The number of hydrogen-bond donors (Lipinski definition) is 3. The van der Waals surface area contributed by atoms with E-state index in [1.807, 2.05) is 6.92 Å². The number of non-ortho nitro benzene ring substituents is 1. The zero-order chi connectivity index (χ0) is 19.3. The van der Waals surface area contributed by atoms with E-state index in [1.165, 1.54) is 24.3 Å². The van der Waals surface area contributed by atoms with Gasteiger partial charge in [-0.2, -0.15) is 0 Å². The number of benzene rings is 2. The molecular weight excluding hydrogens is 424 g/mol. The number of carbonyl (C=O) groups excluding carboxylic acids is 2. The third-order valence-electron chi connectivity index (χ3n) is 3.29. The molecule has 0 aliphatic rings. The molecule has 0 heterocycles. The fourth-order valence-corrected chi connectivity index (χ4v) is 2.38. The molecule has 0 radical (unpaired) electrons. The Hall–Kier alpha value is -2.85. The highest BCUT2D eigenvalue weighted by Gasteiger charge is 2.12. The Morgan fingerprint density at radius 2 is 1.65 bits per heavy atom. The number of halogens is 1. The Bertz CT molecular complexity index is 886. The second kappa shape index (κ2) is 8.50. The maximum Gasteiger partial charge on any atom is 0.269 e. The largest absolute Gasteiger partial charge is 0.298 e. The minimum absolute atomic E-state index is 0.118. The molecule has 2 rings (SSSR count). The highest BCUT2D eigenvalue weighted by Crippen LogP contribution is 2.17. The zero-order valence-corrected chi connectivity index (χ0v) is 15.8. The van der Waals surface area contributed by atoms with Gasteiger partial charge < -0.3 is 0 Å². The van der Waals surface area contributed by atoms with Crippen LogP contribution in [0.5, 0.6) is 0 Å². The Balaban J connectivity index is 1.89. The van der Waals surface area contributed by atoms with Crippen molar-refractivity contribution in [2.24, 2.45) is 0 Å². The highest BCUT2D eigenvalue weighted by atomic mass is 79.9. The lowest BCUT2D eigenvalue weighted by Gasteiger charge is -2.11. The van der Waals surface area contributed by atoms with E-state index >= 15 is 0 Å². The number of nitrogens with one attached hydrogen (secondary N) is 3. The van der Waals surface area contributed by atoms with Crippen molar-refractivity contribution < 1.29 is 14.5 Å². The van der Waals surface area contributed by atoms with Gasteiger partial charge in [-0.3, -0.25) is 35.9 Å². The molecule has 2 aromatic carbocycles. The zero-order valence-electron chi connectivity index (χ0n) is 13.4. The number of rotatable bonds is 3. The maximum absolute atomic E-state index is 12.0. The summed E-state index contributed by atoms with van der Waals surface area (Å²) in [6.45, 7) is 1.90. The molecule has 26 heavy (non-hydrogen) atoms. The first-order valence-corrected chi connectivity index (χ1v) is 8.40. The van der Waals surface area contributed by atoms with E-state index in [0.717, 1.165) is 10.0 Å². The van der Waals surface area contributed by atoms with Crippen LogP contribution in [0.3, 0.4) is 0 Å². The molecule has 0 saturated heterocycles. The monoisotopic (exact) mass is 436 g/mol. The fourth-order valence-electron chi connectivity index (χ4n) is 1.86. The molecule has 0 spiro atoms. The van der Waals surface area contributed by atoms with Crippen molar-refractivity contribution in [1.29, 1.82) is 0 Å². The first-order valence-electron chi connectivity index (χ1n) is 7.20. The van der Waals surface area contributed by atoms with Gasteiger partial charge in [-0.25, -0.2) is 0 Å². The molecule has 2 amide bonds. The van der Waals surface area contributed by atoms with Crippen LogP contribution in [0.15, 0.2) is 46.9 Å². The highest BCUT2D eigenvalue weighted by molar-refractivity contribution is 9.10. The predicted octanol–water partition coefficient (Wildman–Crippen LogP) is 2.62. The Kier molecular flexibility index (Phi) is 6.36. The summed E-state index contributed by atoms with van der Waals surface area (Å²) >= 11 is 8.28. The molecule has 0 fully saturated rings. The first-order chi connectivity index (χ1) is 12.3. The molecule has 0 aliphatic heterocycles. The first kappa shape index (κ1) is 19.5. The molecule has 0 bridgehead atoms. The summed E-state index contributed by atoms with van der Waals surface area (Å²) in [5, 5.41) is 12.8. The standard InChI is InChI=1S/C16H13BrN4O4S/c1-9-2-3-11(8-13(9)17)15(23)19-20-16(26)18-14(22)10-4-6-12(7-5-10)21(24)25/h2-8H,1H3,(H,19,23)(H2,18,20,22,26). The summed E-state index contributed by atoms with van der Waals surface area (Å²) in [5.74, 6) is -0.998. The number of aryl methyl sites for hydroxylation is 1. The van der Waals surface area contributed by atoms with Crippen molar-refractivity contribution in [1.82, 2.24) is 16.2 Å². The number of hydrogen-bond acceptors (Lipinski definition) is 5. The predicted molar refractivity (Wildman–Crippen MR) is 103 cm³/mol. The van der Waals surface area contributed by atoms with Crippen LogP contribution in [0, 0.1) is 17.0 Å². The number of thiocarbonyl (C=S) groups is 1. The van der Waals surface area contributed by atoms with Gasteiger partial charge in [-0.15, -0.1) is 0 Å². The number of hydrazine groups is 1. The van der Waals surface area contributed by atoms with E-state index in [0.29, 0.717) is 5.56 Å². The van der Waals surface area contributed by atoms with Gasteiger partial charge in [0.15, 0.2) is 5.11 Å². The van der Waals surface area contributed by atoms with Crippen LogP contribution in [-0.4, -0.2) is 21.9 Å². The van der Waals surface area contributed by atoms with Gasteiger partial charge in [-0.05, 0) is 49.0 Å². The summed E-state index contributed by atoms with van der Waals surface area (Å²) in [7, 11) is 0. The van der Waals surface area contributed by atoms with Gasteiger partial charge in [0.25, 0.3) is 17.5 Å². The fraction of sp³-hybridized carbons (Fsp3) is 0.0625. The quantitative estimate of drug-likeness (QED) is 0.387. The molecule has 0 unspecified atom stereocenters. The van der Waals surface area contributed by atoms with Crippen molar-refractivity contribution >= 4 is 50.8 Å². The average molecular weight is 437 g/mol. The van der Waals surface area contributed by atoms with Crippen LogP contribution >= 0.6 is 28.1 Å². The number of amides is 2. The number of nitro groups is 1. The Labute approximate surface area is 162 Å². The van der Waals surface area contributed by atoms with Crippen LogP contribution in [0.1, 0.15) is 26.3 Å². The molecule has 0 aromatic heterocycles. The van der Waals surface area contributed by atoms with Crippen LogP contribution in [0.4, 0.5) is 5.69 Å². The van der Waals surface area contributed by atoms with Crippen LogP contribution < -0.4 is 16.2 Å². The molecule has 3 N–H and O–H groups in total. The van der Waals surface area contributed by atoms with Crippen molar-refractivity contribution in [3.05, 3.63) is 73.7 Å². The van der Waals surface area contributed by atoms with E-state index in [4.69, 9.17) is 12.2 Å². The van der Waals surface area contributed by atoms with Gasteiger partial charge >= 0.3 is 0 Å². The lowest BCUT2D eigenvalue weighted by Crippen LogP contribution is -2.48. The maximum atomic E-state index is 12.0. The smallest absolute Gasteiger partial charge is 0.269 e. The molecule has 10 heteroatoms. The molecule has 0 atom stereocenters. The van der Waals surface area contributed by atoms with E-state index in [1.54, 1.807) is 18.2 Å². The lowest BCUT2D eigenvalue weighted by atomic mass is 10.1. The topological polar surface area (TPSA) is 113 Å². The lowest BCUT2D eigenvalue weighted by molar-refractivity contribution is -0.384. The minimum Gasteiger partial charge on any atom is -0.298 e. The third-order valence-corrected chi connectivity index (χ3v) is 4.35. The number of nitrogens with zero attached hydrogens (tertiary/aromatic N) is 1. The average Bonchev–Trinajstić information content (AvgIpc) is 2.62. The van der Waals surface area contributed by atoms with Gasteiger partial charge in [0.2, 0.25) is 0 Å². The second-order valence-corrected chi connectivity index (χ2v) is 6.39.